The summed E-state index contributed by atoms with van der Waals surface area (Å²) < 4.78 is 10.5. The average Bonchev–Trinajstić information content (AvgIpc) is 2.63. The van der Waals surface area contributed by atoms with Gasteiger partial charge >= 0.3 is 6.16 Å². The van der Waals surface area contributed by atoms with E-state index in [2.05, 4.69) is 20.8 Å². The molecule has 0 N–H and O–H groups in total. The van der Waals surface area contributed by atoms with Crippen molar-refractivity contribution >= 4 is 6.16 Å². The second-order valence-corrected chi connectivity index (χ2v) is 7.43. The van der Waals surface area contributed by atoms with Crippen molar-refractivity contribution in [2.75, 3.05) is 6.61 Å². The first-order valence-corrected chi connectivity index (χ1v) is 10.6. The highest BCUT2D eigenvalue weighted by atomic mass is 16.7. The van der Waals surface area contributed by atoms with E-state index in [-0.39, 0.29) is 0 Å². The van der Waals surface area contributed by atoms with Gasteiger partial charge in [0.1, 0.15) is 5.75 Å². The Kier molecular flexibility index (Phi) is 12.7. The molecule has 3 nitrogen and oxygen atoms in total. The summed E-state index contributed by atoms with van der Waals surface area (Å²) >= 11 is 0. The lowest BCUT2D eigenvalue weighted by Crippen LogP contribution is -2.12. The maximum Gasteiger partial charge on any atom is 0.513 e. The van der Waals surface area contributed by atoms with E-state index in [1.807, 2.05) is 24.3 Å². The lowest BCUT2D eigenvalue weighted by molar-refractivity contribution is 0.0968. The van der Waals surface area contributed by atoms with Gasteiger partial charge in [0.2, 0.25) is 0 Å². The summed E-state index contributed by atoms with van der Waals surface area (Å²) in [6.45, 7) is 6.87. The Balaban J connectivity index is 2.01. The number of carbonyl (C=O) groups is 1. The third-order valence-corrected chi connectivity index (χ3v) is 4.70. The Labute approximate surface area is 160 Å². The summed E-state index contributed by atoms with van der Waals surface area (Å²) in [5.41, 5.74) is 1.03. The normalized spacial score (nSPS) is 10.9. The lowest BCUT2D eigenvalue weighted by Gasteiger charge is -2.12. The summed E-state index contributed by atoms with van der Waals surface area (Å²) in [5.74, 6) is 0.914. The van der Waals surface area contributed by atoms with Crippen LogP contribution in [0, 0.1) is 0 Å². The molecule has 0 heterocycles. The van der Waals surface area contributed by atoms with Gasteiger partial charge in [0, 0.05) is 0 Å². The highest BCUT2D eigenvalue weighted by Crippen LogP contribution is 2.26. The van der Waals surface area contributed by atoms with Crippen molar-refractivity contribution in [3.63, 3.8) is 0 Å². The number of ether oxygens (including phenoxy) is 2. The number of benzene rings is 1. The van der Waals surface area contributed by atoms with Gasteiger partial charge < -0.3 is 9.47 Å². The van der Waals surface area contributed by atoms with E-state index in [9.17, 15) is 4.79 Å². The summed E-state index contributed by atoms with van der Waals surface area (Å²) in [6.07, 6.45) is 13.5. The van der Waals surface area contributed by atoms with Crippen LogP contribution in [0.25, 0.3) is 0 Å². The van der Waals surface area contributed by atoms with Gasteiger partial charge in [-0.05, 0) is 24.0 Å². The van der Waals surface area contributed by atoms with Crippen LogP contribution >= 0.6 is 0 Å². The van der Waals surface area contributed by atoms with E-state index >= 15 is 0 Å². The monoisotopic (exact) mass is 362 g/mol. The molecule has 0 aliphatic heterocycles. The number of carbonyl (C=O) groups excluding carboxylic acids is 1. The largest absolute Gasteiger partial charge is 0.513 e. The molecule has 0 atom stereocenters. The molecule has 26 heavy (non-hydrogen) atoms. The molecule has 0 radical (unpaired) electrons. The van der Waals surface area contributed by atoms with Crippen molar-refractivity contribution in [2.45, 2.75) is 97.3 Å². The standard InChI is InChI=1S/C23H38O3/c1-4-5-6-7-8-9-10-11-12-13-16-19-25-23(24)26-22-18-15-14-17-21(22)20(2)3/h14-15,17-18,20H,4-13,16,19H2,1-3H3. The highest BCUT2D eigenvalue weighted by molar-refractivity contribution is 5.64. The minimum absolute atomic E-state index is 0.311. The topological polar surface area (TPSA) is 35.5 Å². The van der Waals surface area contributed by atoms with E-state index in [4.69, 9.17) is 9.47 Å². The molecule has 148 valence electrons. The molecule has 0 amide bonds. The number of para-hydroxylation sites is 1. The number of hydrogen-bond donors (Lipinski definition) is 0. The van der Waals surface area contributed by atoms with Crippen molar-refractivity contribution in [3.05, 3.63) is 29.8 Å². The zero-order chi connectivity index (χ0) is 19.0. The van der Waals surface area contributed by atoms with Crippen LogP contribution in [0.4, 0.5) is 4.79 Å². The van der Waals surface area contributed by atoms with Crippen LogP contribution in [-0.2, 0) is 4.74 Å². The zero-order valence-corrected chi connectivity index (χ0v) is 17.1. The second-order valence-electron chi connectivity index (χ2n) is 7.43. The van der Waals surface area contributed by atoms with Gasteiger partial charge in [0.15, 0.2) is 0 Å². The van der Waals surface area contributed by atoms with Gasteiger partial charge in [-0.15, -0.1) is 0 Å². The summed E-state index contributed by atoms with van der Waals surface area (Å²) in [4.78, 5) is 11.8. The fraction of sp³-hybridized carbons (Fsp3) is 0.696. The van der Waals surface area contributed by atoms with E-state index in [0.29, 0.717) is 18.3 Å². The zero-order valence-electron chi connectivity index (χ0n) is 17.1. The lowest BCUT2D eigenvalue weighted by atomic mass is 10.0. The predicted octanol–water partition coefficient (Wildman–Crippen LogP) is 7.64. The summed E-state index contributed by atoms with van der Waals surface area (Å²) in [5, 5.41) is 0. The number of unbranched alkanes of at least 4 members (excludes halogenated alkanes) is 10. The maximum atomic E-state index is 11.8. The summed E-state index contributed by atoms with van der Waals surface area (Å²) in [7, 11) is 0. The smallest absolute Gasteiger partial charge is 0.434 e. The van der Waals surface area contributed by atoms with E-state index in [1.165, 1.54) is 57.8 Å². The van der Waals surface area contributed by atoms with E-state index in [0.717, 1.165) is 18.4 Å². The molecule has 0 bridgehead atoms. The van der Waals surface area contributed by atoms with Crippen LogP contribution in [0.3, 0.4) is 0 Å². The minimum atomic E-state index is -0.592. The van der Waals surface area contributed by atoms with Gasteiger partial charge in [0.25, 0.3) is 0 Å². The molecule has 0 aromatic heterocycles. The maximum absolute atomic E-state index is 11.8. The van der Waals surface area contributed by atoms with Crippen LogP contribution < -0.4 is 4.74 Å². The molecule has 0 aliphatic carbocycles. The Hall–Kier alpha value is -1.51. The SMILES string of the molecule is CCCCCCCCCCCCCOC(=O)Oc1ccccc1C(C)C. The highest BCUT2D eigenvalue weighted by Gasteiger charge is 2.11. The molecule has 1 rings (SSSR count). The molecule has 0 spiro atoms. The first-order valence-electron chi connectivity index (χ1n) is 10.6. The molecule has 0 saturated carbocycles. The Morgan fingerprint density at radius 3 is 1.96 bits per heavy atom. The van der Waals surface area contributed by atoms with Crippen LogP contribution in [0.5, 0.6) is 5.75 Å². The molecule has 1 aromatic carbocycles. The number of hydrogen-bond acceptors (Lipinski definition) is 3. The molecule has 0 saturated heterocycles. The van der Waals surface area contributed by atoms with Gasteiger partial charge in [0.05, 0.1) is 6.61 Å². The second kappa shape index (κ2) is 14.6. The van der Waals surface area contributed by atoms with Crippen LogP contribution in [0.1, 0.15) is 103 Å². The molecule has 3 heteroatoms. The average molecular weight is 363 g/mol. The first kappa shape index (κ1) is 22.5. The van der Waals surface area contributed by atoms with Crippen LogP contribution in [0.15, 0.2) is 24.3 Å². The molecular weight excluding hydrogens is 324 g/mol. The molecule has 0 aliphatic rings. The Bertz CT molecular complexity index is 482. The molecule has 0 fully saturated rings. The Morgan fingerprint density at radius 1 is 0.846 bits per heavy atom. The van der Waals surface area contributed by atoms with E-state index < -0.39 is 6.16 Å². The minimum Gasteiger partial charge on any atom is -0.434 e. The third kappa shape index (κ3) is 10.5. The van der Waals surface area contributed by atoms with E-state index in [1.54, 1.807) is 0 Å². The first-order chi connectivity index (χ1) is 12.6. The summed E-state index contributed by atoms with van der Waals surface area (Å²) in [6, 6.07) is 7.63. The molecule has 1 aromatic rings. The molecular formula is C23H38O3. The Morgan fingerprint density at radius 2 is 1.38 bits per heavy atom. The van der Waals surface area contributed by atoms with Crippen molar-refractivity contribution < 1.29 is 14.3 Å². The fourth-order valence-electron chi connectivity index (χ4n) is 3.09. The van der Waals surface area contributed by atoms with Gasteiger partial charge in [-0.25, -0.2) is 4.79 Å². The van der Waals surface area contributed by atoms with Crippen molar-refractivity contribution in [1.29, 1.82) is 0 Å². The number of rotatable bonds is 14. The third-order valence-electron chi connectivity index (χ3n) is 4.70. The quantitative estimate of drug-likeness (QED) is 0.194. The van der Waals surface area contributed by atoms with Crippen LogP contribution in [0.2, 0.25) is 0 Å². The van der Waals surface area contributed by atoms with Crippen LogP contribution in [-0.4, -0.2) is 12.8 Å². The van der Waals surface area contributed by atoms with Crippen molar-refractivity contribution in [2.24, 2.45) is 0 Å². The van der Waals surface area contributed by atoms with Gasteiger partial charge in [-0.2, -0.15) is 0 Å². The van der Waals surface area contributed by atoms with Gasteiger partial charge in [-0.3, -0.25) is 0 Å². The van der Waals surface area contributed by atoms with Crippen molar-refractivity contribution in [3.8, 4) is 5.75 Å². The van der Waals surface area contributed by atoms with Crippen molar-refractivity contribution in [1.82, 2.24) is 0 Å². The predicted molar refractivity (Wildman–Crippen MR) is 109 cm³/mol. The fourth-order valence-corrected chi connectivity index (χ4v) is 3.09. The van der Waals surface area contributed by atoms with Gasteiger partial charge in [-0.1, -0.05) is 103 Å². The molecule has 0 unspecified atom stereocenters.